The summed E-state index contributed by atoms with van der Waals surface area (Å²) in [5, 5.41) is 3.72. The second-order valence-corrected chi connectivity index (χ2v) is 8.50. The highest BCUT2D eigenvalue weighted by Crippen LogP contribution is 2.32. The van der Waals surface area contributed by atoms with Crippen molar-refractivity contribution >= 4 is 27.8 Å². The maximum absolute atomic E-state index is 12.4. The summed E-state index contributed by atoms with van der Waals surface area (Å²) in [6, 6.07) is 14.1. The van der Waals surface area contributed by atoms with Crippen molar-refractivity contribution in [2.45, 2.75) is 39.5 Å². The van der Waals surface area contributed by atoms with Crippen LogP contribution in [-0.4, -0.2) is 14.4 Å². The lowest BCUT2D eigenvalue weighted by Crippen LogP contribution is -2.33. The lowest BCUT2D eigenvalue weighted by molar-refractivity contribution is 0.256. The molecule has 0 spiro atoms. The van der Waals surface area contributed by atoms with Crippen LogP contribution >= 0.6 is 0 Å². The van der Waals surface area contributed by atoms with Crippen LogP contribution in [0.1, 0.15) is 56.2 Å². The summed E-state index contributed by atoms with van der Waals surface area (Å²) in [4.78, 5) is 12.4. The molecule has 27 heavy (non-hydrogen) atoms. The number of sulfonamides is 1. The summed E-state index contributed by atoms with van der Waals surface area (Å²) < 4.78 is 26.4. The summed E-state index contributed by atoms with van der Waals surface area (Å²) in [6.07, 6.45) is 1.44. The molecule has 0 saturated carbocycles. The molecule has 0 saturated heterocycles. The van der Waals surface area contributed by atoms with Gasteiger partial charge >= 0.3 is 6.03 Å². The number of para-hydroxylation sites is 1. The molecule has 144 valence electrons. The van der Waals surface area contributed by atoms with Crippen molar-refractivity contribution in [2.75, 3.05) is 5.32 Å². The molecule has 6 heteroatoms. The van der Waals surface area contributed by atoms with E-state index in [0.717, 1.165) is 22.1 Å². The van der Waals surface area contributed by atoms with Gasteiger partial charge in [-0.2, -0.15) is 0 Å². The van der Waals surface area contributed by atoms with Crippen molar-refractivity contribution in [1.82, 2.24) is 4.72 Å². The second kappa shape index (κ2) is 8.86. The normalized spacial score (nSPS) is 11.9. The molecule has 2 N–H and O–H groups in total. The Labute approximate surface area is 161 Å². The number of carbonyl (C=O) groups excluding carboxylic acids is 1. The van der Waals surface area contributed by atoms with E-state index in [0.29, 0.717) is 5.69 Å². The molecular weight excluding hydrogens is 360 g/mol. The number of hydrogen-bond acceptors (Lipinski definition) is 3. The van der Waals surface area contributed by atoms with Crippen LogP contribution in [0.4, 0.5) is 10.5 Å². The van der Waals surface area contributed by atoms with Crippen molar-refractivity contribution in [3.63, 3.8) is 0 Å². The van der Waals surface area contributed by atoms with Crippen LogP contribution in [0.5, 0.6) is 0 Å². The maximum atomic E-state index is 12.4. The first kappa shape index (κ1) is 20.7. The summed E-state index contributed by atoms with van der Waals surface area (Å²) in [6.45, 7) is 8.12. The molecule has 2 aromatic carbocycles. The van der Waals surface area contributed by atoms with Gasteiger partial charge in [-0.3, -0.25) is 0 Å². The molecule has 0 fully saturated rings. The lowest BCUT2D eigenvalue weighted by atomic mass is 9.93. The van der Waals surface area contributed by atoms with E-state index in [1.165, 1.54) is 6.08 Å². The molecule has 0 unspecified atom stereocenters. The summed E-state index contributed by atoms with van der Waals surface area (Å²) in [5.41, 5.74) is 3.33. The van der Waals surface area contributed by atoms with Crippen LogP contribution < -0.4 is 10.0 Å². The van der Waals surface area contributed by atoms with Gasteiger partial charge in [-0.1, -0.05) is 76.2 Å². The zero-order chi connectivity index (χ0) is 20.0. The number of carbonyl (C=O) groups is 1. The van der Waals surface area contributed by atoms with Gasteiger partial charge in [-0.25, -0.2) is 17.9 Å². The Bertz CT molecular complexity index is 891. The van der Waals surface area contributed by atoms with Gasteiger partial charge in [0.05, 0.1) is 5.41 Å². The van der Waals surface area contributed by atoms with Crippen LogP contribution in [0.3, 0.4) is 0 Å². The quantitative estimate of drug-likeness (QED) is 0.729. The molecule has 0 aromatic heterocycles. The monoisotopic (exact) mass is 386 g/mol. The molecule has 2 aromatic rings. The Morgan fingerprint density at radius 2 is 1.44 bits per heavy atom. The number of anilines is 1. The van der Waals surface area contributed by atoms with Crippen molar-refractivity contribution in [1.29, 1.82) is 0 Å². The van der Waals surface area contributed by atoms with Gasteiger partial charge in [0.1, 0.15) is 0 Å². The van der Waals surface area contributed by atoms with Crippen LogP contribution in [-0.2, 0) is 10.0 Å². The Kier molecular flexibility index (Phi) is 6.80. The fourth-order valence-electron chi connectivity index (χ4n) is 2.73. The molecule has 0 bridgehead atoms. The van der Waals surface area contributed by atoms with E-state index in [9.17, 15) is 13.2 Å². The van der Waals surface area contributed by atoms with Crippen molar-refractivity contribution in [3.8, 4) is 0 Å². The number of rotatable bonds is 6. The van der Waals surface area contributed by atoms with Crippen LogP contribution in [0, 0.1) is 0 Å². The van der Waals surface area contributed by atoms with Gasteiger partial charge in [-0.15, -0.1) is 0 Å². The van der Waals surface area contributed by atoms with E-state index in [1.54, 1.807) is 12.1 Å². The molecule has 2 rings (SSSR count). The minimum atomic E-state index is -3.91. The van der Waals surface area contributed by atoms with Crippen molar-refractivity contribution in [2.24, 2.45) is 0 Å². The third kappa shape index (κ3) is 5.96. The van der Waals surface area contributed by atoms with Crippen LogP contribution in [0.2, 0.25) is 0 Å². The molecule has 0 atom stereocenters. The fraction of sp³-hybridized carbons (Fsp3) is 0.286. The first-order valence-electron chi connectivity index (χ1n) is 8.89. The number of benzene rings is 2. The molecule has 2 amide bonds. The largest absolute Gasteiger partial charge is 0.333 e. The number of hydrogen-bond donors (Lipinski definition) is 2. The lowest BCUT2D eigenvalue weighted by Gasteiger charge is -2.20. The first-order valence-corrected chi connectivity index (χ1v) is 10.4. The van der Waals surface area contributed by atoms with Crippen molar-refractivity contribution < 1.29 is 13.2 Å². The van der Waals surface area contributed by atoms with E-state index in [4.69, 9.17) is 0 Å². The predicted molar refractivity (Wildman–Crippen MR) is 111 cm³/mol. The van der Waals surface area contributed by atoms with Gasteiger partial charge in [0.15, 0.2) is 0 Å². The summed E-state index contributed by atoms with van der Waals surface area (Å²) in [7, 11) is -3.91. The Balaban J connectivity index is 2.19. The predicted octanol–water partition coefficient (Wildman–Crippen LogP) is 5.06. The van der Waals surface area contributed by atoms with Gasteiger partial charge < -0.3 is 5.32 Å². The van der Waals surface area contributed by atoms with Gasteiger partial charge in [0.25, 0.3) is 10.0 Å². The summed E-state index contributed by atoms with van der Waals surface area (Å²) >= 11 is 0. The topological polar surface area (TPSA) is 75.3 Å². The Morgan fingerprint density at radius 3 is 1.96 bits per heavy atom. The molecule has 0 radical (unpaired) electrons. The van der Waals surface area contributed by atoms with Crippen LogP contribution in [0.15, 0.2) is 53.9 Å². The standard InChI is InChI=1S/C21H26N2O3S/c1-15(2)18-11-8-12-19(16(3)4)20(18)22-21(24)23-27(25,26)14-13-17-9-6-5-7-10-17/h5-16H,1-4H3,(H2,22,23,24)/b14-13+. The van der Waals surface area contributed by atoms with Gasteiger partial charge in [-0.05, 0) is 34.6 Å². The van der Waals surface area contributed by atoms with E-state index in [2.05, 4.69) is 5.32 Å². The highest BCUT2D eigenvalue weighted by Gasteiger charge is 2.18. The molecule has 0 heterocycles. The first-order chi connectivity index (χ1) is 12.7. The SMILES string of the molecule is CC(C)c1cccc(C(C)C)c1NC(=O)NS(=O)(=O)/C=C/c1ccccc1. The number of nitrogens with one attached hydrogen (secondary N) is 2. The Morgan fingerprint density at radius 1 is 0.889 bits per heavy atom. The van der Waals surface area contributed by atoms with Crippen molar-refractivity contribution in [3.05, 3.63) is 70.6 Å². The van der Waals surface area contributed by atoms with E-state index in [-0.39, 0.29) is 11.8 Å². The molecule has 5 nitrogen and oxygen atoms in total. The zero-order valence-corrected chi connectivity index (χ0v) is 16.9. The Hall–Kier alpha value is -2.60. The van der Waals surface area contributed by atoms with E-state index >= 15 is 0 Å². The highest BCUT2D eigenvalue weighted by molar-refractivity contribution is 7.93. The average Bonchev–Trinajstić information content (AvgIpc) is 2.60. The highest BCUT2D eigenvalue weighted by atomic mass is 32.2. The average molecular weight is 387 g/mol. The van der Waals surface area contributed by atoms with Gasteiger partial charge in [0.2, 0.25) is 0 Å². The number of amides is 2. The van der Waals surface area contributed by atoms with E-state index < -0.39 is 16.1 Å². The van der Waals surface area contributed by atoms with Gasteiger partial charge in [0, 0.05) is 5.69 Å². The molecule has 0 aliphatic carbocycles. The zero-order valence-electron chi connectivity index (χ0n) is 16.1. The minimum Gasteiger partial charge on any atom is -0.307 e. The summed E-state index contributed by atoms with van der Waals surface area (Å²) in [5.74, 6) is 0.377. The third-order valence-corrected chi connectivity index (χ3v) is 5.05. The smallest absolute Gasteiger partial charge is 0.307 e. The maximum Gasteiger partial charge on any atom is 0.333 e. The molecule has 0 aliphatic rings. The molecular formula is C21H26N2O3S. The van der Waals surface area contributed by atoms with E-state index in [1.807, 2.05) is 68.8 Å². The third-order valence-electron chi connectivity index (χ3n) is 4.09. The fourth-order valence-corrected chi connectivity index (χ4v) is 3.44. The second-order valence-electron chi connectivity index (χ2n) is 6.94. The minimum absolute atomic E-state index is 0.189. The molecule has 0 aliphatic heterocycles. The number of urea groups is 1. The van der Waals surface area contributed by atoms with Crippen LogP contribution in [0.25, 0.3) is 6.08 Å².